The van der Waals surface area contributed by atoms with Crippen molar-refractivity contribution in [2.75, 3.05) is 40.1 Å². The fourth-order valence-electron chi connectivity index (χ4n) is 3.82. The molecule has 0 amide bonds. The van der Waals surface area contributed by atoms with Crippen LogP contribution < -0.4 is 5.32 Å². The van der Waals surface area contributed by atoms with E-state index in [2.05, 4.69) is 12.2 Å². The van der Waals surface area contributed by atoms with Gasteiger partial charge in [0.2, 0.25) is 0 Å². The van der Waals surface area contributed by atoms with Gasteiger partial charge in [-0.2, -0.15) is 0 Å². The van der Waals surface area contributed by atoms with Gasteiger partial charge >= 0.3 is 0 Å². The number of hydrogen-bond acceptors (Lipinski definition) is 4. The summed E-state index contributed by atoms with van der Waals surface area (Å²) in [4.78, 5) is 0. The van der Waals surface area contributed by atoms with E-state index in [-0.39, 0.29) is 5.60 Å². The van der Waals surface area contributed by atoms with E-state index >= 15 is 0 Å². The second-order valence-electron chi connectivity index (χ2n) is 6.62. The highest BCUT2D eigenvalue weighted by molar-refractivity contribution is 4.94. The molecule has 0 aromatic heterocycles. The van der Waals surface area contributed by atoms with Crippen LogP contribution in [-0.2, 0) is 14.2 Å². The number of methoxy groups -OCH3 is 1. The van der Waals surface area contributed by atoms with Crippen molar-refractivity contribution in [3.63, 3.8) is 0 Å². The normalized spacial score (nSPS) is 26.3. The van der Waals surface area contributed by atoms with Gasteiger partial charge in [0.15, 0.2) is 0 Å². The first kappa shape index (κ1) is 17.2. The Hall–Kier alpha value is -0.160. The van der Waals surface area contributed by atoms with E-state index in [0.29, 0.717) is 25.2 Å². The predicted octanol–water partition coefficient (Wildman–Crippen LogP) is 2.76. The fourth-order valence-corrected chi connectivity index (χ4v) is 3.82. The molecule has 2 rings (SSSR count). The monoisotopic (exact) mass is 299 g/mol. The Labute approximate surface area is 129 Å². The van der Waals surface area contributed by atoms with Gasteiger partial charge in [0.25, 0.3) is 0 Å². The zero-order valence-corrected chi connectivity index (χ0v) is 13.9. The molecule has 124 valence electrons. The van der Waals surface area contributed by atoms with Gasteiger partial charge in [-0.15, -0.1) is 0 Å². The lowest BCUT2D eigenvalue weighted by Crippen LogP contribution is -2.48. The third-order valence-electron chi connectivity index (χ3n) is 5.00. The molecule has 2 atom stereocenters. The van der Waals surface area contributed by atoms with Gasteiger partial charge in [-0.3, -0.25) is 0 Å². The summed E-state index contributed by atoms with van der Waals surface area (Å²) in [5.41, 5.74) is 0.196. The minimum absolute atomic E-state index is 0.196. The third-order valence-corrected chi connectivity index (χ3v) is 5.00. The van der Waals surface area contributed by atoms with E-state index < -0.39 is 0 Å². The zero-order valence-electron chi connectivity index (χ0n) is 13.9. The van der Waals surface area contributed by atoms with Crippen LogP contribution in [0.25, 0.3) is 0 Å². The Morgan fingerprint density at radius 3 is 2.81 bits per heavy atom. The minimum Gasteiger partial charge on any atom is -0.382 e. The number of ether oxygens (including phenoxy) is 3. The molecular formula is C17H33NO3. The van der Waals surface area contributed by atoms with Crippen molar-refractivity contribution in [2.24, 2.45) is 5.92 Å². The molecule has 1 aliphatic carbocycles. The highest BCUT2D eigenvalue weighted by Crippen LogP contribution is 2.42. The van der Waals surface area contributed by atoms with Crippen LogP contribution in [0, 0.1) is 5.92 Å². The van der Waals surface area contributed by atoms with Crippen molar-refractivity contribution in [1.82, 2.24) is 5.32 Å². The van der Waals surface area contributed by atoms with Crippen molar-refractivity contribution in [3.8, 4) is 0 Å². The van der Waals surface area contributed by atoms with Crippen LogP contribution in [0.5, 0.6) is 0 Å². The van der Waals surface area contributed by atoms with E-state index in [1.165, 1.54) is 38.5 Å². The summed E-state index contributed by atoms with van der Waals surface area (Å²) < 4.78 is 17.0. The summed E-state index contributed by atoms with van der Waals surface area (Å²) in [6.07, 6.45) is 8.74. The van der Waals surface area contributed by atoms with E-state index in [1.54, 1.807) is 7.11 Å². The topological polar surface area (TPSA) is 39.7 Å². The first-order chi connectivity index (χ1) is 10.3. The molecule has 1 aliphatic heterocycles. The van der Waals surface area contributed by atoms with Crippen LogP contribution in [-0.4, -0.2) is 51.7 Å². The highest BCUT2D eigenvalue weighted by Gasteiger charge is 2.41. The summed E-state index contributed by atoms with van der Waals surface area (Å²) in [6, 6.07) is 0.461. The number of hydrogen-bond donors (Lipinski definition) is 1. The molecule has 1 N–H and O–H groups in total. The number of nitrogens with one attached hydrogen (secondary N) is 1. The molecule has 1 spiro atoms. The third kappa shape index (κ3) is 5.20. The van der Waals surface area contributed by atoms with E-state index in [4.69, 9.17) is 14.2 Å². The average Bonchev–Trinajstić information content (AvgIpc) is 2.94. The first-order valence-electron chi connectivity index (χ1n) is 8.74. The van der Waals surface area contributed by atoms with Crippen molar-refractivity contribution in [2.45, 2.75) is 63.5 Å². The fraction of sp³-hybridized carbons (Fsp3) is 1.00. The van der Waals surface area contributed by atoms with Crippen LogP contribution in [0.2, 0.25) is 0 Å². The molecule has 2 fully saturated rings. The molecule has 0 aromatic carbocycles. The molecule has 21 heavy (non-hydrogen) atoms. The van der Waals surface area contributed by atoms with Crippen molar-refractivity contribution in [1.29, 1.82) is 0 Å². The smallest absolute Gasteiger partial charge is 0.0701 e. The maximum atomic E-state index is 6.17. The highest BCUT2D eigenvalue weighted by atomic mass is 16.5. The molecular weight excluding hydrogens is 266 g/mol. The summed E-state index contributed by atoms with van der Waals surface area (Å²) >= 11 is 0. The van der Waals surface area contributed by atoms with E-state index in [9.17, 15) is 0 Å². The molecule has 0 aromatic rings. The molecule has 4 heteroatoms. The summed E-state index contributed by atoms with van der Waals surface area (Å²) in [5.74, 6) is 0.686. The lowest BCUT2D eigenvalue weighted by Gasteiger charge is -2.41. The van der Waals surface area contributed by atoms with Gasteiger partial charge in [-0.05, 0) is 44.6 Å². The van der Waals surface area contributed by atoms with Crippen LogP contribution in [0.4, 0.5) is 0 Å². The molecule has 0 radical (unpaired) electrons. The van der Waals surface area contributed by atoms with Gasteiger partial charge in [-0.1, -0.05) is 19.8 Å². The SMILES string of the molecule is CCCNC(COCCOC)C1CCOC2(CCCC2)C1. The van der Waals surface area contributed by atoms with Gasteiger partial charge in [0, 0.05) is 19.8 Å². The number of rotatable bonds is 9. The second kappa shape index (κ2) is 9.09. The Kier molecular flexibility index (Phi) is 7.44. The van der Waals surface area contributed by atoms with Gasteiger partial charge in [-0.25, -0.2) is 0 Å². The molecule has 1 heterocycles. The maximum Gasteiger partial charge on any atom is 0.0701 e. The Morgan fingerprint density at radius 2 is 2.10 bits per heavy atom. The van der Waals surface area contributed by atoms with Gasteiger partial charge in [0.05, 0.1) is 25.4 Å². The molecule has 2 unspecified atom stereocenters. The maximum absolute atomic E-state index is 6.17. The van der Waals surface area contributed by atoms with Crippen LogP contribution in [0.15, 0.2) is 0 Å². The summed E-state index contributed by atoms with van der Waals surface area (Å²) in [5, 5.41) is 3.70. The largest absolute Gasteiger partial charge is 0.382 e. The lowest BCUT2D eigenvalue weighted by molar-refractivity contribution is -0.102. The molecule has 1 saturated carbocycles. The molecule has 0 bridgehead atoms. The predicted molar refractivity (Wildman–Crippen MR) is 84.7 cm³/mol. The van der Waals surface area contributed by atoms with Crippen molar-refractivity contribution in [3.05, 3.63) is 0 Å². The van der Waals surface area contributed by atoms with Crippen LogP contribution in [0.1, 0.15) is 51.9 Å². The Morgan fingerprint density at radius 1 is 1.29 bits per heavy atom. The Balaban J connectivity index is 1.85. The molecule has 2 aliphatic rings. The van der Waals surface area contributed by atoms with Crippen LogP contribution >= 0.6 is 0 Å². The Bertz CT molecular complexity index is 279. The zero-order chi connectivity index (χ0) is 15.0. The van der Waals surface area contributed by atoms with Gasteiger partial charge < -0.3 is 19.5 Å². The van der Waals surface area contributed by atoms with Crippen LogP contribution in [0.3, 0.4) is 0 Å². The lowest BCUT2D eigenvalue weighted by atomic mass is 9.80. The first-order valence-corrected chi connectivity index (χ1v) is 8.74. The minimum atomic E-state index is 0.196. The second-order valence-corrected chi connectivity index (χ2v) is 6.62. The summed E-state index contributed by atoms with van der Waals surface area (Å²) in [6.45, 7) is 6.38. The molecule has 1 saturated heterocycles. The standard InChI is InChI=1S/C17H33NO3/c1-3-9-18-16(14-20-12-11-19-2)15-6-10-21-17(13-15)7-4-5-8-17/h15-16,18H,3-14H2,1-2H3. The average molecular weight is 299 g/mol. The van der Waals surface area contributed by atoms with E-state index in [0.717, 1.165) is 26.2 Å². The van der Waals surface area contributed by atoms with Crippen molar-refractivity contribution >= 4 is 0 Å². The van der Waals surface area contributed by atoms with Crippen molar-refractivity contribution < 1.29 is 14.2 Å². The van der Waals surface area contributed by atoms with E-state index in [1.807, 2.05) is 0 Å². The summed E-state index contributed by atoms with van der Waals surface area (Å²) in [7, 11) is 1.72. The quantitative estimate of drug-likeness (QED) is 0.665. The molecule has 4 nitrogen and oxygen atoms in total. The van der Waals surface area contributed by atoms with Gasteiger partial charge in [0.1, 0.15) is 0 Å².